The van der Waals surface area contributed by atoms with E-state index >= 15 is 0 Å². The molecule has 2 N–H and O–H groups in total. The highest BCUT2D eigenvalue weighted by Gasteiger charge is 2.22. The van der Waals surface area contributed by atoms with Crippen LogP contribution in [0.15, 0.2) is 24.3 Å². The summed E-state index contributed by atoms with van der Waals surface area (Å²) in [5, 5.41) is 6.67. The Morgan fingerprint density at radius 2 is 2.16 bits per heavy atom. The van der Waals surface area contributed by atoms with Crippen molar-refractivity contribution in [3.8, 4) is 5.75 Å². The number of thioether (sulfide) groups is 1. The van der Waals surface area contributed by atoms with Crippen molar-refractivity contribution >= 4 is 30.1 Å². The van der Waals surface area contributed by atoms with Gasteiger partial charge in [-0.1, -0.05) is 32.0 Å². The van der Waals surface area contributed by atoms with Crippen molar-refractivity contribution in [3.05, 3.63) is 29.8 Å². The molecule has 4 nitrogen and oxygen atoms in total. The largest absolute Gasteiger partial charge is 0.494 e. The van der Waals surface area contributed by atoms with Crippen LogP contribution in [-0.4, -0.2) is 36.6 Å². The van der Waals surface area contributed by atoms with E-state index in [4.69, 9.17) is 4.74 Å². The lowest BCUT2D eigenvalue weighted by Gasteiger charge is -2.26. The fourth-order valence-corrected chi connectivity index (χ4v) is 3.97. The summed E-state index contributed by atoms with van der Waals surface area (Å²) in [4.78, 5) is 12.5. The molecular formula is C19H31ClN2O2S. The van der Waals surface area contributed by atoms with Crippen LogP contribution < -0.4 is 15.4 Å². The zero-order valence-electron chi connectivity index (χ0n) is 15.4. The van der Waals surface area contributed by atoms with Gasteiger partial charge >= 0.3 is 0 Å². The Balaban J connectivity index is 0.00000312. The van der Waals surface area contributed by atoms with Crippen molar-refractivity contribution in [2.45, 2.75) is 45.7 Å². The predicted octanol–water partition coefficient (Wildman–Crippen LogP) is 3.81. The minimum absolute atomic E-state index is 0. The number of para-hydroxylation sites is 1. The molecule has 0 spiro atoms. The molecule has 2 atom stereocenters. The maximum Gasteiger partial charge on any atom is 0.222 e. The fourth-order valence-electron chi connectivity index (χ4n) is 3.02. The van der Waals surface area contributed by atoms with Gasteiger partial charge in [0.05, 0.1) is 12.6 Å². The van der Waals surface area contributed by atoms with E-state index in [0.717, 1.165) is 35.8 Å². The van der Waals surface area contributed by atoms with Crippen molar-refractivity contribution in [1.29, 1.82) is 0 Å². The number of carbonyl (C=O) groups is 1. The van der Waals surface area contributed by atoms with Gasteiger partial charge in [-0.15, -0.1) is 12.4 Å². The van der Waals surface area contributed by atoms with Crippen LogP contribution in [0.3, 0.4) is 0 Å². The average Bonchev–Trinajstić information content (AvgIpc) is 2.55. The van der Waals surface area contributed by atoms with Gasteiger partial charge in [0.2, 0.25) is 5.91 Å². The lowest BCUT2D eigenvalue weighted by atomic mass is 9.96. The molecule has 1 fully saturated rings. The summed E-state index contributed by atoms with van der Waals surface area (Å²) in [6.45, 7) is 7.97. The molecule has 1 saturated heterocycles. The topological polar surface area (TPSA) is 50.4 Å². The number of hydrogen-bond donors (Lipinski definition) is 2. The highest BCUT2D eigenvalue weighted by Crippen LogP contribution is 2.29. The minimum Gasteiger partial charge on any atom is -0.494 e. The molecule has 1 aromatic rings. The Morgan fingerprint density at radius 1 is 1.40 bits per heavy atom. The van der Waals surface area contributed by atoms with E-state index in [-0.39, 0.29) is 30.4 Å². The maximum absolute atomic E-state index is 12.5. The van der Waals surface area contributed by atoms with Crippen molar-refractivity contribution < 1.29 is 9.53 Å². The molecule has 0 bridgehead atoms. The summed E-state index contributed by atoms with van der Waals surface area (Å²) in [6, 6.07) is 8.31. The van der Waals surface area contributed by atoms with E-state index in [1.165, 1.54) is 0 Å². The van der Waals surface area contributed by atoms with Crippen LogP contribution in [0.25, 0.3) is 0 Å². The van der Waals surface area contributed by atoms with Gasteiger partial charge in [0, 0.05) is 36.1 Å². The van der Waals surface area contributed by atoms with Crippen LogP contribution in [0.5, 0.6) is 5.75 Å². The lowest BCUT2D eigenvalue weighted by molar-refractivity contribution is -0.122. The molecule has 25 heavy (non-hydrogen) atoms. The molecule has 1 heterocycles. The number of ether oxygens (including phenoxy) is 1. The molecule has 1 amide bonds. The molecule has 1 aliphatic rings. The molecule has 2 rings (SSSR count). The molecule has 0 saturated carbocycles. The van der Waals surface area contributed by atoms with Gasteiger partial charge in [-0.2, -0.15) is 11.8 Å². The zero-order valence-corrected chi connectivity index (χ0v) is 17.1. The lowest BCUT2D eigenvalue weighted by Crippen LogP contribution is -2.42. The van der Waals surface area contributed by atoms with Gasteiger partial charge in [-0.25, -0.2) is 0 Å². The SMILES string of the molecule is CCOc1ccccc1C(CC(C)C)NC(=O)CC1CSCCN1.Cl. The maximum atomic E-state index is 12.5. The van der Waals surface area contributed by atoms with Crippen LogP contribution in [0.1, 0.15) is 45.2 Å². The number of carbonyl (C=O) groups excluding carboxylic acids is 1. The second kappa shape index (κ2) is 11.7. The number of amides is 1. The Labute approximate surface area is 162 Å². The number of nitrogens with one attached hydrogen (secondary N) is 2. The van der Waals surface area contributed by atoms with E-state index in [9.17, 15) is 4.79 Å². The third kappa shape index (κ3) is 7.47. The first kappa shape index (κ1) is 22.1. The van der Waals surface area contributed by atoms with Crippen molar-refractivity contribution in [3.63, 3.8) is 0 Å². The zero-order chi connectivity index (χ0) is 17.4. The smallest absolute Gasteiger partial charge is 0.222 e. The number of hydrogen-bond acceptors (Lipinski definition) is 4. The molecule has 1 aliphatic heterocycles. The number of benzene rings is 1. The van der Waals surface area contributed by atoms with Crippen molar-refractivity contribution in [2.75, 3.05) is 24.7 Å². The highest BCUT2D eigenvalue weighted by atomic mass is 35.5. The van der Waals surface area contributed by atoms with Crippen LogP contribution in [0.2, 0.25) is 0 Å². The Hall–Kier alpha value is -0.910. The highest BCUT2D eigenvalue weighted by molar-refractivity contribution is 7.99. The molecule has 1 aromatic carbocycles. The summed E-state index contributed by atoms with van der Waals surface area (Å²) in [5.41, 5.74) is 1.08. The summed E-state index contributed by atoms with van der Waals surface area (Å²) in [5.74, 6) is 3.63. The molecule has 142 valence electrons. The first-order valence-corrected chi connectivity index (χ1v) is 10.1. The molecule has 0 aromatic heterocycles. The van der Waals surface area contributed by atoms with E-state index in [1.54, 1.807) is 0 Å². The average molecular weight is 387 g/mol. The number of rotatable bonds is 8. The van der Waals surface area contributed by atoms with Crippen LogP contribution in [0.4, 0.5) is 0 Å². The third-order valence-corrected chi connectivity index (χ3v) is 5.20. The Bertz CT molecular complexity index is 522. The number of halogens is 1. The molecular weight excluding hydrogens is 356 g/mol. The summed E-state index contributed by atoms with van der Waals surface area (Å²) in [7, 11) is 0. The van der Waals surface area contributed by atoms with Crippen LogP contribution in [0, 0.1) is 5.92 Å². The molecule has 2 unspecified atom stereocenters. The van der Waals surface area contributed by atoms with Gasteiger partial charge in [0.25, 0.3) is 0 Å². The summed E-state index contributed by atoms with van der Waals surface area (Å²) >= 11 is 1.92. The van der Waals surface area contributed by atoms with Crippen LogP contribution in [-0.2, 0) is 4.79 Å². The standard InChI is InChI=1S/C19H30N2O2S.ClH/c1-4-23-18-8-6-5-7-16(18)17(11-14(2)3)21-19(22)12-15-13-24-10-9-20-15;/h5-8,14-15,17,20H,4,9-13H2,1-3H3,(H,21,22);1H. The Kier molecular flexibility index (Phi) is 10.3. The first-order valence-electron chi connectivity index (χ1n) is 8.92. The van der Waals surface area contributed by atoms with Crippen molar-refractivity contribution in [2.24, 2.45) is 5.92 Å². The molecule has 0 radical (unpaired) electrons. The van der Waals surface area contributed by atoms with Gasteiger partial charge in [0.15, 0.2) is 0 Å². The normalized spacial score (nSPS) is 18.3. The monoisotopic (exact) mass is 386 g/mol. The van der Waals surface area contributed by atoms with Gasteiger partial charge in [-0.3, -0.25) is 4.79 Å². The van der Waals surface area contributed by atoms with Crippen molar-refractivity contribution in [1.82, 2.24) is 10.6 Å². The van der Waals surface area contributed by atoms with Gasteiger partial charge in [0.1, 0.15) is 5.75 Å². The molecule has 6 heteroatoms. The second-order valence-corrected chi connectivity index (χ2v) is 7.80. The first-order chi connectivity index (χ1) is 11.6. The Morgan fingerprint density at radius 3 is 2.80 bits per heavy atom. The van der Waals surface area contributed by atoms with E-state index in [1.807, 2.05) is 36.9 Å². The van der Waals surface area contributed by atoms with Gasteiger partial charge < -0.3 is 15.4 Å². The van der Waals surface area contributed by atoms with E-state index in [2.05, 4.69) is 30.5 Å². The van der Waals surface area contributed by atoms with Gasteiger partial charge in [-0.05, 0) is 25.3 Å². The third-order valence-electron chi connectivity index (χ3n) is 4.07. The predicted molar refractivity (Wildman–Crippen MR) is 109 cm³/mol. The summed E-state index contributed by atoms with van der Waals surface area (Å²) in [6.07, 6.45) is 1.45. The quantitative estimate of drug-likeness (QED) is 0.713. The van der Waals surface area contributed by atoms with E-state index in [0.29, 0.717) is 18.9 Å². The minimum atomic E-state index is -0.00325. The second-order valence-electron chi connectivity index (χ2n) is 6.65. The molecule has 0 aliphatic carbocycles. The fraction of sp³-hybridized carbons (Fsp3) is 0.632. The summed E-state index contributed by atoms with van der Waals surface area (Å²) < 4.78 is 5.76. The van der Waals surface area contributed by atoms with Crippen LogP contribution >= 0.6 is 24.2 Å². The van der Waals surface area contributed by atoms with E-state index < -0.39 is 0 Å².